The molecule has 7 nitrogen and oxygen atoms in total. The molecular formula is C24H25N3O4S. The molecule has 1 aromatic heterocycles. The molecule has 0 aliphatic carbocycles. The van der Waals surface area contributed by atoms with E-state index >= 15 is 0 Å². The van der Waals surface area contributed by atoms with Crippen molar-refractivity contribution in [1.82, 2.24) is 14.1 Å². The van der Waals surface area contributed by atoms with Gasteiger partial charge in [0.05, 0.1) is 21.8 Å². The molecule has 0 unspecified atom stereocenters. The smallest absolute Gasteiger partial charge is 0.243 e. The number of piperidine rings is 1. The van der Waals surface area contributed by atoms with Crippen molar-refractivity contribution in [2.24, 2.45) is 0 Å². The van der Waals surface area contributed by atoms with Gasteiger partial charge >= 0.3 is 0 Å². The van der Waals surface area contributed by atoms with E-state index in [1.807, 2.05) is 30.3 Å². The molecule has 0 amide bonds. The predicted octanol–water partition coefficient (Wildman–Crippen LogP) is 3.79. The second kappa shape index (κ2) is 8.80. The van der Waals surface area contributed by atoms with E-state index in [-0.39, 0.29) is 27.5 Å². The standard InChI is InChI=1S/C24H25N3O4S/c1-17-22(18(2)28)23(25-27(17)20-9-5-3-6-10-20)24(29)19-11-13-21(14-12-19)32(30,31)26-15-7-4-8-16-26/h3,5-6,9-14H,4,7-8,15-16H2,1-2H3. The van der Waals surface area contributed by atoms with Crippen LogP contribution in [0, 0.1) is 6.92 Å². The monoisotopic (exact) mass is 451 g/mol. The number of aromatic nitrogens is 2. The van der Waals surface area contributed by atoms with Crippen molar-refractivity contribution in [3.63, 3.8) is 0 Å². The molecule has 1 aliphatic rings. The third kappa shape index (κ3) is 4.03. The Bertz CT molecular complexity index is 1260. The molecule has 4 rings (SSSR count). The summed E-state index contributed by atoms with van der Waals surface area (Å²) in [5, 5.41) is 4.44. The number of carbonyl (C=O) groups excluding carboxylic acids is 2. The summed E-state index contributed by atoms with van der Waals surface area (Å²) < 4.78 is 28.8. The number of hydrogen-bond donors (Lipinski definition) is 0. The molecule has 8 heteroatoms. The van der Waals surface area contributed by atoms with Gasteiger partial charge in [0, 0.05) is 18.7 Å². The number of para-hydroxylation sites is 1. The first-order valence-corrected chi connectivity index (χ1v) is 12.1. The van der Waals surface area contributed by atoms with Crippen LogP contribution in [0.2, 0.25) is 0 Å². The molecule has 0 bridgehead atoms. The number of benzene rings is 2. The molecule has 1 fully saturated rings. The van der Waals surface area contributed by atoms with E-state index in [0.717, 1.165) is 24.9 Å². The molecule has 166 valence electrons. The quantitative estimate of drug-likeness (QED) is 0.532. The molecular weight excluding hydrogens is 426 g/mol. The molecule has 1 aliphatic heterocycles. The Hall–Kier alpha value is -3.10. The number of sulfonamides is 1. The largest absolute Gasteiger partial charge is 0.294 e. The van der Waals surface area contributed by atoms with Crippen LogP contribution in [0.3, 0.4) is 0 Å². The van der Waals surface area contributed by atoms with E-state index < -0.39 is 15.8 Å². The molecule has 2 heterocycles. The first-order chi connectivity index (χ1) is 15.3. The molecule has 1 saturated heterocycles. The Morgan fingerprint density at radius 2 is 1.53 bits per heavy atom. The van der Waals surface area contributed by atoms with Crippen molar-refractivity contribution in [3.05, 3.63) is 77.1 Å². The lowest BCUT2D eigenvalue weighted by Crippen LogP contribution is -2.35. The van der Waals surface area contributed by atoms with Crippen LogP contribution in [0.15, 0.2) is 59.5 Å². The minimum atomic E-state index is -3.58. The maximum atomic E-state index is 13.2. The second-order valence-corrected chi connectivity index (χ2v) is 9.87. The van der Waals surface area contributed by atoms with Crippen LogP contribution in [-0.2, 0) is 10.0 Å². The van der Waals surface area contributed by atoms with Gasteiger partial charge in [0.15, 0.2) is 5.78 Å². The van der Waals surface area contributed by atoms with Crippen LogP contribution in [0.5, 0.6) is 0 Å². The van der Waals surface area contributed by atoms with Gasteiger partial charge in [0.1, 0.15) is 5.69 Å². The lowest BCUT2D eigenvalue weighted by atomic mass is 10.0. The lowest BCUT2D eigenvalue weighted by Gasteiger charge is -2.25. The minimum Gasteiger partial charge on any atom is -0.294 e. The van der Waals surface area contributed by atoms with Crippen molar-refractivity contribution in [2.45, 2.75) is 38.0 Å². The first kappa shape index (κ1) is 22.1. The van der Waals surface area contributed by atoms with Gasteiger partial charge in [-0.3, -0.25) is 9.59 Å². The average molecular weight is 452 g/mol. The van der Waals surface area contributed by atoms with Crippen molar-refractivity contribution in [3.8, 4) is 5.69 Å². The number of nitrogens with zero attached hydrogens (tertiary/aromatic N) is 3. The minimum absolute atomic E-state index is 0.0606. The highest BCUT2D eigenvalue weighted by atomic mass is 32.2. The number of ketones is 2. The van der Waals surface area contributed by atoms with E-state index in [4.69, 9.17) is 0 Å². The van der Waals surface area contributed by atoms with Gasteiger partial charge in [-0.1, -0.05) is 24.6 Å². The SMILES string of the molecule is CC(=O)c1c(C(=O)c2ccc(S(=O)(=O)N3CCCCC3)cc2)nn(-c2ccccc2)c1C. The number of rotatable bonds is 6. The van der Waals surface area contributed by atoms with Crippen LogP contribution < -0.4 is 0 Å². The van der Waals surface area contributed by atoms with Crippen molar-refractivity contribution in [2.75, 3.05) is 13.1 Å². The zero-order chi connectivity index (χ0) is 22.9. The van der Waals surface area contributed by atoms with Crippen molar-refractivity contribution in [1.29, 1.82) is 0 Å². The highest BCUT2D eigenvalue weighted by molar-refractivity contribution is 7.89. The van der Waals surface area contributed by atoms with Gasteiger partial charge in [-0.05, 0) is 63.1 Å². The van der Waals surface area contributed by atoms with Gasteiger partial charge < -0.3 is 0 Å². The fourth-order valence-corrected chi connectivity index (χ4v) is 5.59. The average Bonchev–Trinajstić information content (AvgIpc) is 3.17. The van der Waals surface area contributed by atoms with Crippen molar-refractivity contribution < 1.29 is 18.0 Å². The summed E-state index contributed by atoms with van der Waals surface area (Å²) in [4.78, 5) is 25.7. The van der Waals surface area contributed by atoms with Crippen LogP contribution in [-0.4, -0.2) is 47.2 Å². The third-order valence-corrected chi connectivity index (χ3v) is 7.67. The number of hydrogen-bond acceptors (Lipinski definition) is 5. The van der Waals surface area contributed by atoms with Gasteiger partial charge in [0.2, 0.25) is 15.8 Å². The molecule has 0 saturated carbocycles. The topological polar surface area (TPSA) is 89.3 Å². The Morgan fingerprint density at radius 1 is 0.906 bits per heavy atom. The molecule has 0 N–H and O–H groups in total. The predicted molar refractivity (Wildman–Crippen MR) is 121 cm³/mol. The summed E-state index contributed by atoms with van der Waals surface area (Å²) in [6, 6.07) is 15.1. The van der Waals surface area contributed by atoms with Gasteiger partial charge in [0.25, 0.3) is 0 Å². The van der Waals surface area contributed by atoms with Crippen LogP contribution in [0.4, 0.5) is 0 Å². The summed E-state index contributed by atoms with van der Waals surface area (Å²) in [7, 11) is -3.58. The Morgan fingerprint density at radius 3 is 2.12 bits per heavy atom. The fraction of sp³-hybridized carbons (Fsp3) is 0.292. The Labute approximate surface area is 187 Å². The molecule has 32 heavy (non-hydrogen) atoms. The Kier molecular flexibility index (Phi) is 6.08. The Balaban J connectivity index is 1.68. The number of carbonyl (C=O) groups is 2. The van der Waals surface area contributed by atoms with E-state index in [1.165, 1.54) is 35.5 Å². The summed E-state index contributed by atoms with van der Waals surface area (Å²) in [6.07, 6.45) is 2.74. The molecule has 0 spiro atoms. The molecule has 0 radical (unpaired) electrons. The van der Waals surface area contributed by atoms with E-state index in [0.29, 0.717) is 18.8 Å². The molecule has 2 aromatic carbocycles. The van der Waals surface area contributed by atoms with E-state index in [2.05, 4.69) is 5.10 Å². The molecule has 3 aromatic rings. The summed E-state index contributed by atoms with van der Waals surface area (Å²) >= 11 is 0. The van der Waals surface area contributed by atoms with Gasteiger partial charge in [-0.15, -0.1) is 0 Å². The zero-order valence-electron chi connectivity index (χ0n) is 18.1. The van der Waals surface area contributed by atoms with E-state index in [1.54, 1.807) is 11.6 Å². The normalized spacial score (nSPS) is 14.9. The highest BCUT2D eigenvalue weighted by Crippen LogP contribution is 2.24. The first-order valence-electron chi connectivity index (χ1n) is 10.6. The summed E-state index contributed by atoms with van der Waals surface area (Å²) in [6.45, 7) is 4.19. The van der Waals surface area contributed by atoms with Gasteiger partial charge in [-0.2, -0.15) is 9.40 Å². The lowest BCUT2D eigenvalue weighted by molar-refractivity contribution is 0.0988. The van der Waals surface area contributed by atoms with Crippen LogP contribution >= 0.6 is 0 Å². The van der Waals surface area contributed by atoms with Crippen molar-refractivity contribution >= 4 is 21.6 Å². The maximum absolute atomic E-state index is 13.2. The van der Waals surface area contributed by atoms with E-state index in [9.17, 15) is 18.0 Å². The van der Waals surface area contributed by atoms with Gasteiger partial charge in [-0.25, -0.2) is 13.1 Å². The number of Topliss-reactive ketones (excluding diaryl/α,β-unsaturated/α-hetero) is 1. The zero-order valence-corrected chi connectivity index (χ0v) is 18.9. The maximum Gasteiger partial charge on any atom is 0.243 e. The second-order valence-electron chi connectivity index (χ2n) is 7.93. The summed E-state index contributed by atoms with van der Waals surface area (Å²) in [5.74, 6) is -0.674. The fourth-order valence-electron chi connectivity index (χ4n) is 4.07. The third-order valence-electron chi connectivity index (χ3n) is 5.75. The highest BCUT2D eigenvalue weighted by Gasteiger charge is 2.28. The van der Waals surface area contributed by atoms with Crippen LogP contribution in [0.25, 0.3) is 5.69 Å². The van der Waals surface area contributed by atoms with Crippen LogP contribution in [0.1, 0.15) is 58.3 Å². The summed E-state index contributed by atoms with van der Waals surface area (Å²) in [5.41, 5.74) is 1.93. The molecule has 0 atom stereocenters.